The number of nitrogens with one attached hydrogen (secondary N) is 1. The summed E-state index contributed by atoms with van der Waals surface area (Å²) in [6, 6.07) is 19.6. The molecular weight excluding hydrogens is 334 g/mol. The van der Waals surface area contributed by atoms with Gasteiger partial charge in [-0.05, 0) is 47.5 Å². The molecule has 2 N–H and O–H groups in total. The summed E-state index contributed by atoms with van der Waals surface area (Å²) < 4.78 is 11.4. The van der Waals surface area contributed by atoms with E-state index >= 15 is 0 Å². The molecule has 0 fully saturated rings. The lowest BCUT2D eigenvalue weighted by molar-refractivity contribution is 0.239. The van der Waals surface area contributed by atoms with Gasteiger partial charge in [-0.2, -0.15) is 0 Å². The van der Waals surface area contributed by atoms with Crippen molar-refractivity contribution in [1.82, 2.24) is 0 Å². The average Bonchev–Trinajstić information content (AvgIpc) is 2.66. The molecule has 0 radical (unpaired) electrons. The van der Waals surface area contributed by atoms with Crippen LogP contribution in [0.1, 0.15) is 11.5 Å². The third-order valence-electron chi connectivity index (χ3n) is 3.80. The molecule has 0 spiro atoms. The van der Waals surface area contributed by atoms with E-state index in [0.717, 1.165) is 22.6 Å². The van der Waals surface area contributed by atoms with Gasteiger partial charge in [0.15, 0.2) is 0 Å². The van der Waals surface area contributed by atoms with Crippen molar-refractivity contribution < 1.29 is 14.3 Å². The van der Waals surface area contributed by atoms with E-state index in [4.69, 9.17) is 21.4 Å². The third kappa shape index (κ3) is 4.47. The Morgan fingerprint density at radius 1 is 0.960 bits per heavy atom. The largest absolute Gasteiger partial charge is 0.497 e. The second-order valence-electron chi connectivity index (χ2n) is 5.54. The number of hydrogen-bond acceptors (Lipinski definition) is 5. The molecule has 0 atom stereocenters. The minimum atomic E-state index is -0.159. The molecule has 0 saturated carbocycles. The highest BCUT2D eigenvalue weighted by Crippen LogP contribution is 2.24. The van der Waals surface area contributed by atoms with Gasteiger partial charge in [-0.1, -0.05) is 36.5 Å². The topological polar surface area (TPSA) is 54.6 Å². The molecule has 4 nitrogen and oxygen atoms in total. The monoisotopic (exact) mass is 353 g/mol. The van der Waals surface area contributed by atoms with Gasteiger partial charge in [0.1, 0.15) is 23.9 Å². The maximum Gasteiger partial charge on any atom is 0.130 e. The first-order valence-corrected chi connectivity index (χ1v) is 8.31. The van der Waals surface area contributed by atoms with Gasteiger partial charge in [0.2, 0.25) is 0 Å². The third-order valence-corrected chi connectivity index (χ3v) is 4.04. The van der Waals surface area contributed by atoms with Crippen LogP contribution in [0.3, 0.4) is 0 Å². The van der Waals surface area contributed by atoms with Crippen molar-refractivity contribution in [1.29, 1.82) is 0 Å². The zero-order valence-electron chi connectivity index (χ0n) is 13.9. The molecule has 1 heterocycles. The van der Waals surface area contributed by atoms with Crippen molar-refractivity contribution in [3.05, 3.63) is 76.7 Å². The van der Waals surface area contributed by atoms with E-state index in [1.54, 1.807) is 19.2 Å². The number of methoxy groups -OCH3 is 1. The smallest absolute Gasteiger partial charge is 0.130 e. The van der Waals surface area contributed by atoms with Crippen molar-refractivity contribution in [3.8, 4) is 16.9 Å². The minimum absolute atomic E-state index is 0.159. The molecule has 0 aliphatic carbocycles. The standard InChI is InChI=1S/C20H19NO3S/c1-23-17-8-4-15(5-9-17)14-2-6-16(7-3-14)21-12-18-10-20(25)11-19(13-22)24-18/h2-11,21-22H,12-13H2,1H3. The number of aliphatic hydroxyl groups excluding tert-OH is 1. The second kappa shape index (κ2) is 7.96. The molecule has 5 heteroatoms. The van der Waals surface area contributed by atoms with Gasteiger partial charge < -0.3 is 19.6 Å². The normalized spacial score (nSPS) is 10.5. The number of hydrogen-bond donors (Lipinski definition) is 2. The summed E-state index contributed by atoms with van der Waals surface area (Å²) in [7, 11) is 1.66. The molecule has 0 aliphatic rings. The van der Waals surface area contributed by atoms with Crippen LogP contribution in [0.4, 0.5) is 5.69 Å². The number of aliphatic hydroxyl groups is 1. The molecule has 2 aromatic carbocycles. The summed E-state index contributed by atoms with van der Waals surface area (Å²) in [5, 5.41) is 12.5. The number of ether oxygens (including phenoxy) is 1. The van der Waals surface area contributed by atoms with Crippen molar-refractivity contribution in [2.45, 2.75) is 13.2 Å². The van der Waals surface area contributed by atoms with Crippen LogP contribution in [-0.4, -0.2) is 12.2 Å². The summed E-state index contributed by atoms with van der Waals surface area (Å²) in [4.78, 5) is 0. The van der Waals surface area contributed by atoms with Crippen LogP contribution in [0.25, 0.3) is 11.1 Å². The fourth-order valence-electron chi connectivity index (χ4n) is 2.50. The van der Waals surface area contributed by atoms with Crippen molar-refractivity contribution in [3.63, 3.8) is 0 Å². The first-order valence-electron chi connectivity index (χ1n) is 7.90. The summed E-state index contributed by atoms with van der Waals surface area (Å²) >= 11 is 5.17. The zero-order chi connectivity index (χ0) is 17.6. The highest BCUT2D eigenvalue weighted by Gasteiger charge is 2.02. The van der Waals surface area contributed by atoms with Crippen molar-refractivity contribution in [2.75, 3.05) is 12.4 Å². The van der Waals surface area contributed by atoms with E-state index in [0.29, 0.717) is 22.6 Å². The Bertz CT molecular complexity index is 886. The predicted molar refractivity (Wildman–Crippen MR) is 101 cm³/mol. The SMILES string of the molecule is COc1ccc(-c2ccc(NCc3cc(=S)cc(CO)o3)cc2)cc1. The summed E-state index contributed by atoms with van der Waals surface area (Å²) in [5.74, 6) is 2.01. The highest BCUT2D eigenvalue weighted by atomic mass is 32.1. The van der Waals surface area contributed by atoms with Gasteiger partial charge in [0.25, 0.3) is 0 Å². The number of benzene rings is 2. The van der Waals surface area contributed by atoms with E-state index in [1.165, 1.54) is 0 Å². The van der Waals surface area contributed by atoms with Gasteiger partial charge in [-0.25, -0.2) is 0 Å². The molecule has 3 aromatic rings. The zero-order valence-corrected chi connectivity index (χ0v) is 14.7. The molecule has 0 unspecified atom stereocenters. The van der Waals surface area contributed by atoms with E-state index in [9.17, 15) is 5.11 Å². The number of anilines is 1. The summed E-state index contributed by atoms with van der Waals surface area (Å²) in [6.45, 7) is 0.341. The fourth-order valence-corrected chi connectivity index (χ4v) is 2.77. The van der Waals surface area contributed by atoms with Gasteiger partial charge in [0.05, 0.1) is 13.7 Å². The van der Waals surface area contributed by atoms with E-state index in [1.807, 2.05) is 36.4 Å². The fraction of sp³-hybridized carbons (Fsp3) is 0.150. The van der Waals surface area contributed by atoms with Gasteiger partial charge >= 0.3 is 0 Å². The van der Waals surface area contributed by atoms with Crippen LogP contribution in [0.2, 0.25) is 0 Å². The molecule has 0 bridgehead atoms. The Morgan fingerprint density at radius 3 is 2.16 bits per heavy atom. The lowest BCUT2D eigenvalue weighted by Gasteiger charge is -2.09. The lowest BCUT2D eigenvalue weighted by Crippen LogP contribution is -2.00. The van der Waals surface area contributed by atoms with E-state index in [-0.39, 0.29) is 6.61 Å². The maximum atomic E-state index is 9.18. The molecule has 0 aliphatic heterocycles. The van der Waals surface area contributed by atoms with Crippen LogP contribution in [0, 0.1) is 4.51 Å². The van der Waals surface area contributed by atoms with Crippen LogP contribution in [0.5, 0.6) is 5.75 Å². The van der Waals surface area contributed by atoms with Crippen LogP contribution >= 0.6 is 12.2 Å². The molecule has 3 rings (SSSR count). The Morgan fingerprint density at radius 2 is 1.56 bits per heavy atom. The molecule has 25 heavy (non-hydrogen) atoms. The Kier molecular flexibility index (Phi) is 5.48. The van der Waals surface area contributed by atoms with Crippen molar-refractivity contribution >= 4 is 17.9 Å². The summed E-state index contributed by atoms with van der Waals surface area (Å²) in [5.41, 5.74) is 3.24. The quantitative estimate of drug-likeness (QED) is 0.624. The average molecular weight is 353 g/mol. The molecule has 128 valence electrons. The van der Waals surface area contributed by atoms with Crippen molar-refractivity contribution in [2.24, 2.45) is 0 Å². The van der Waals surface area contributed by atoms with Gasteiger partial charge in [-0.3, -0.25) is 0 Å². The first kappa shape index (κ1) is 17.2. The Balaban J connectivity index is 1.68. The second-order valence-corrected chi connectivity index (χ2v) is 6.01. The van der Waals surface area contributed by atoms with Crippen LogP contribution in [-0.2, 0) is 13.2 Å². The molecule has 1 aromatic heterocycles. The molecule has 0 saturated heterocycles. The minimum Gasteiger partial charge on any atom is -0.497 e. The van der Waals surface area contributed by atoms with E-state index in [2.05, 4.69) is 17.4 Å². The Labute approximate surface area is 151 Å². The van der Waals surface area contributed by atoms with Crippen LogP contribution in [0.15, 0.2) is 65.1 Å². The predicted octanol–water partition coefficient (Wildman–Crippen LogP) is 4.79. The summed E-state index contributed by atoms with van der Waals surface area (Å²) in [6.07, 6.45) is 0. The van der Waals surface area contributed by atoms with Crippen LogP contribution < -0.4 is 10.1 Å². The lowest BCUT2D eigenvalue weighted by atomic mass is 10.1. The van der Waals surface area contributed by atoms with E-state index < -0.39 is 0 Å². The first-order chi connectivity index (χ1) is 12.2. The molecule has 0 amide bonds. The number of rotatable bonds is 6. The Hall–Kier alpha value is -2.63. The highest BCUT2D eigenvalue weighted by molar-refractivity contribution is 7.71. The molecular formula is C20H19NO3S. The van der Waals surface area contributed by atoms with Gasteiger partial charge in [0, 0.05) is 10.2 Å². The maximum absolute atomic E-state index is 9.18. The van der Waals surface area contributed by atoms with Gasteiger partial charge in [-0.15, -0.1) is 0 Å².